The molecule has 1 heterocycles. The Hall–Kier alpha value is -1.51. The van der Waals surface area contributed by atoms with Crippen molar-refractivity contribution >= 4 is 11.0 Å². The molecule has 3 nitrogen and oxygen atoms in total. The lowest BCUT2D eigenvalue weighted by Gasteiger charge is -1.81. The Kier molecular flexibility index (Phi) is 2.69. The van der Waals surface area contributed by atoms with Crippen molar-refractivity contribution in [2.24, 2.45) is 0 Å². The van der Waals surface area contributed by atoms with Gasteiger partial charge >= 0.3 is 5.69 Å². The van der Waals surface area contributed by atoms with Crippen molar-refractivity contribution in [3.8, 4) is 0 Å². The van der Waals surface area contributed by atoms with E-state index in [9.17, 15) is 4.79 Å². The molecule has 2 N–H and O–H groups in total. The van der Waals surface area contributed by atoms with Crippen molar-refractivity contribution in [1.29, 1.82) is 0 Å². The molecule has 66 valence electrons. The molecule has 0 spiro atoms. The van der Waals surface area contributed by atoms with Gasteiger partial charge in [-0.1, -0.05) is 26.0 Å². The number of benzene rings is 1. The Morgan fingerprint density at radius 1 is 1.08 bits per heavy atom. The zero-order valence-electron chi connectivity index (χ0n) is 7.22. The van der Waals surface area contributed by atoms with E-state index in [1.54, 1.807) is 0 Å². The average molecular weight is 166 g/mol. The van der Waals surface area contributed by atoms with Gasteiger partial charge in [0, 0.05) is 1.43 Å². The number of aromatic amines is 2. The van der Waals surface area contributed by atoms with E-state index >= 15 is 0 Å². The van der Waals surface area contributed by atoms with Gasteiger partial charge in [-0.05, 0) is 12.1 Å². The lowest BCUT2D eigenvalue weighted by molar-refractivity contribution is 1.22. The molecule has 3 heteroatoms. The van der Waals surface area contributed by atoms with Crippen LogP contribution in [0.2, 0.25) is 0 Å². The Bertz CT molecular complexity index is 369. The summed E-state index contributed by atoms with van der Waals surface area (Å²) >= 11 is 0. The van der Waals surface area contributed by atoms with Crippen LogP contribution < -0.4 is 5.69 Å². The number of hydrogen-bond acceptors (Lipinski definition) is 1. The van der Waals surface area contributed by atoms with Gasteiger partial charge in [-0.3, -0.25) is 0 Å². The Morgan fingerprint density at radius 2 is 1.50 bits per heavy atom. The van der Waals surface area contributed by atoms with Crippen molar-refractivity contribution in [2.75, 3.05) is 0 Å². The number of fused-ring (bicyclic) bond motifs is 1. The van der Waals surface area contributed by atoms with E-state index in [4.69, 9.17) is 0 Å². The summed E-state index contributed by atoms with van der Waals surface area (Å²) in [5.41, 5.74) is 1.56. The predicted molar refractivity (Wildman–Crippen MR) is 52.4 cm³/mol. The summed E-state index contributed by atoms with van der Waals surface area (Å²) < 4.78 is 0. The molecule has 0 atom stereocenters. The lowest BCUT2D eigenvalue weighted by Crippen LogP contribution is -1.99. The van der Waals surface area contributed by atoms with Gasteiger partial charge in [0.1, 0.15) is 0 Å². The minimum atomic E-state index is -0.152. The first-order valence-electron chi connectivity index (χ1n) is 4.03. The molecule has 0 aliphatic carbocycles. The summed E-state index contributed by atoms with van der Waals surface area (Å²) in [6.45, 7) is 4.00. The van der Waals surface area contributed by atoms with E-state index in [1.807, 2.05) is 38.1 Å². The zero-order valence-corrected chi connectivity index (χ0v) is 7.22. The molecule has 0 saturated heterocycles. The van der Waals surface area contributed by atoms with Gasteiger partial charge in [-0.2, -0.15) is 0 Å². The highest BCUT2D eigenvalue weighted by atomic mass is 16.1. The van der Waals surface area contributed by atoms with Crippen molar-refractivity contribution in [2.45, 2.75) is 13.8 Å². The van der Waals surface area contributed by atoms with Crippen LogP contribution in [0.1, 0.15) is 15.3 Å². The SMILES string of the molecule is CC.O=c1[nH]c2ccccc2[nH]1.[HH]. The maximum atomic E-state index is 10.7. The van der Waals surface area contributed by atoms with Crippen molar-refractivity contribution < 1.29 is 1.43 Å². The van der Waals surface area contributed by atoms with Gasteiger partial charge in [0.2, 0.25) is 0 Å². The third kappa shape index (κ3) is 1.56. The second kappa shape index (κ2) is 3.76. The molecule has 0 bridgehead atoms. The molecular weight excluding hydrogens is 152 g/mol. The van der Waals surface area contributed by atoms with Gasteiger partial charge in [-0.15, -0.1) is 0 Å². The van der Waals surface area contributed by atoms with Crippen LogP contribution in [0.25, 0.3) is 11.0 Å². The standard InChI is InChI=1S/C7H6N2O.C2H6.H2/c10-7-8-5-3-1-2-4-6(5)9-7;1-2;/h1-4H,(H2,8,9,10);1-2H3;1H. The van der Waals surface area contributed by atoms with Gasteiger partial charge in [0.15, 0.2) is 0 Å². The van der Waals surface area contributed by atoms with Crippen LogP contribution in [-0.2, 0) is 0 Å². The van der Waals surface area contributed by atoms with Crippen LogP contribution in [0.15, 0.2) is 29.1 Å². The summed E-state index contributed by atoms with van der Waals surface area (Å²) in [5.74, 6) is 0. The number of para-hydroxylation sites is 2. The van der Waals surface area contributed by atoms with Crippen LogP contribution in [0.3, 0.4) is 0 Å². The summed E-state index contributed by atoms with van der Waals surface area (Å²) in [6, 6.07) is 7.47. The highest BCUT2D eigenvalue weighted by molar-refractivity contribution is 5.73. The average Bonchev–Trinajstić information content (AvgIpc) is 2.48. The topological polar surface area (TPSA) is 48.6 Å². The molecule has 0 fully saturated rings. The first kappa shape index (κ1) is 8.59. The van der Waals surface area contributed by atoms with Crippen molar-refractivity contribution in [1.82, 2.24) is 9.97 Å². The molecule has 0 radical (unpaired) electrons. The highest BCUT2D eigenvalue weighted by Crippen LogP contribution is 2.03. The fraction of sp³-hybridized carbons (Fsp3) is 0.222. The fourth-order valence-electron chi connectivity index (χ4n) is 0.977. The third-order valence-electron chi connectivity index (χ3n) is 1.42. The zero-order chi connectivity index (χ0) is 8.97. The molecular formula is C9H14N2O. The predicted octanol–water partition coefficient (Wildman–Crippen LogP) is 2.13. The molecule has 0 aliphatic heterocycles. The lowest BCUT2D eigenvalue weighted by atomic mass is 10.3. The van der Waals surface area contributed by atoms with Crippen LogP contribution >= 0.6 is 0 Å². The Labute approximate surface area is 71.9 Å². The molecule has 1 aromatic carbocycles. The maximum absolute atomic E-state index is 10.7. The first-order chi connectivity index (χ1) is 5.86. The van der Waals surface area contributed by atoms with Gasteiger partial charge in [0.25, 0.3) is 0 Å². The third-order valence-corrected chi connectivity index (χ3v) is 1.42. The van der Waals surface area contributed by atoms with E-state index in [2.05, 4.69) is 9.97 Å². The molecule has 12 heavy (non-hydrogen) atoms. The van der Waals surface area contributed by atoms with E-state index in [-0.39, 0.29) is 7.12 Å². The van der Waals surface area contributed by atoms with Crippen LogP contribution in [0, 0.1) is 0 Å². The Balaban J connectivity index is 0.000000451. The minimum absolute atomic E-state index is 0. The Morgan fingerprint density at radius 3 is 1.92 bits per heavy atom. The monoisotopic (exact) mass is 166 g/mol. The van der Waals surface area contributed by atoms with Gasteiger partial charge in [-0.25, -0.2) is 4.79 Å². The minimum Gasteiger partial charge on any atom is -0.306 e. The molecule has 0 saturated carbocycles. The number of aromatic nitrogens is 2. The van der Waals surface area contributed by atoms with Crippen LogP contribution in [0.4, 0.5) is 0 Å². The van der Waals surface area contributed by atoms with Crippen LogP contribution in [0.5, 0.6) is 0 Å². The van der Waals surface area contributed by atoms with E-state index in [1.165, 1.54) is 0 Å². The second-order valence-electron chi connectivity index (χ2n) is 2.12. The van der Waals surface area contributed by atoms with Gasteiger partial charge < -0.3 is 9.97 Å². The molecule has 0 aliphatic rings. The largest absolute Gasteiger partial charge is 0.323 e. The molecule has 2 rings (SSSR count). The van der Waals surface area contributed by atoms with E-state index in [0.29, 0.717) is 0 Å². The maximum Gasteiger partial charge on any atom is 0.323 e. The fourth-order valence-corrected chi connectivity index (χ4v) is 0.977. The molecule has 1 aromatic heterocycles. The highest BCUT2D eigenvalue weighted by Gasteiger charge is 1.92. The second-order valence-corrected chi connectivity index (χ2v) is 2.12. The number of nitrogens with one attached hydrogen (secondary N) is 2. The van der Waals surface area contributed by atoms with Gasteiger partial charge in [0.05, 0.1) is 11.0 Å². The first-order valence-corrected chi connectivity index (χ1v) is 4.03. The van der Waals surface area contributed by atoms with Crippen molar-refractivity contribution in [3.05, 3.63) is 34.7 Å². The van der Waals surface area contributed by atoms with E-state index in [0.717, 1.165) is 11.0 Å². The van der Waals surface area contributed by atoms with Crippen molar-refractivity contribution in [3.63, 3.8) is 0 Å². The quantitative estimate of drug-likeness (QED) is 0.618. The normalized spacial score (nSPS) is 9.17. The van der Waals surface area contributed by atoms with Crippen LogP contribution in [-0.4, -0.2) is 9.97 Å². The molecule has 2 aromatic rings. The smallest absolute Gasteiger partial charge is 0.306 e. The summed E-state index contributed by atoms with van der Waals surface area (Å²) in [5, 5.41) is 0. The number of H-pyrrole nitrogens is 2. The number of imidazole rings is 1. The van der Waals surface area contributed by atoms with E-state index < -0.39 is 0 Å². The number of rotatable bonds is 0. The molecule has 0 amide bonds. The summed E-state index contributed by atoms with van der Waals surface area (Å²) in [6.07, 6.45) is 0. The number of hydrogen-bond donors (Lipinski definition) is 2. The summed E-state index contributed by atoms with van der Waals surface area (Å²) in [4.78, 5) is 16.0. The molecule has 0 unspecified atom stereocenters. The summed E-state index contributed by atoms with van der Waals surface area (Å²) in [7, 11) is 0.